The van der Waals surface area contributed by atoms with E-state index >= 15 is 0 Å². The van der Waals surface area contributed by atoms with Crippen LogP contribution in [0.1, 0.15) is 36.8 Å². The summed E-state index contributed by atoms with van der Waals surface area (Å²) in [6.07, 6.45) is 5.77. The zero-order valence-electron chi connectivity index (χ0n) is 10.5. The van der Waals surface area contributed by atoms with Crippen molar-refractivity contribution in [3.05, 3.63) is 35.4 Å². The van der Waals surface area contributed by atoms with Crippen LogP contribution < -0.4 is 5.73 Å². The van der Waals surface area contributed by atoms with Crippen molar-refractivity contribution in [2.45, 2.75) is 39.0 Å². The van der Waals surface area contributed by atoms with Crippen LogP contribution in [-0.4, -0.2) is 5.11 Å². The normalized spacial score (nSPS) is 20.5. The van der Waals surface area contributed by atoms with Crippen molar-refractivity contribution in [2.24, 2.45) is 5.92 Å². The van der Waals surface area contributed by atoms with Crippen LogP contribution in [0.3, 0.4) is 0 Å². The summed E-state index contributed by atoms with van der Waals surface area (Å²) < 4.78 is 0. The van der Waals surface area contributed by atoms with Crippen LogP contribution >= 0.6 is 0 Å². The molecule has 0 aliphatic heterocycles. The van der Waals surface area contributed by atoms with Crippen LogP contribution in [0.5, 0.6) is 5.75 Å². The maximum atomic E-state index is 9.92. The van der Waals surface area contributed by atoms with Crippen LogP contribution in [0.4, 0.5) is 5.69 Å². The van der Waals surface area contributed by atoms with Gasteiger partial charge in [0, 0.05) is 11.8 Å². The first-order valence-corrected chi connectivity index (χ1v) is 6.33. The van der Waals surface area contributed by atoms with Crippen LogP contribution in [0.25, 0.3) is 0 Å². The highest BCUT2D eigenvalue weighted by Gasteiger charge is 2.19. The number of nitrogen functional groups attached to an aromatic ring is 1. The lowest BCUT2D eigenvalue weighted by Crippen LogP contribution is -2.12. The van der Waals surface area contributed by atoms with Gasteiger partial charge in [-0.3, -0.25) is 0 Å². The highest BCUT2D eigenvalue weighted by Crippen LogP contribution is 2.34. The van der Waals surface area contributed by atoms with Gasteiger partial charge < -0.3 is 10.8 Å². The molecule has 1 unspecified atom stereocenters. The highest BCUT2D eigenvalue weighted by molar-refractivity contribution is 5.54. The van der Waals surface area contributed by atoms with E-state index in [-0.39, 0.29) is 0 Å². The third-order valence-corrected chi connectivity index (χ3v) is 3.81. The number of aryl methyl sites for hydroxylation is 1. The molecule has 1 aliphatic rings. The van der Waals surface area contributed by atoms with Gasteiger partial charge >= 0.3 is 0 Å². The molecule has 0 spiro atoms. The Kier molecular flexibility index (Phi) is 3.41. The fraction of sp³-hybridized carbons (Fsp3) is 0.467. The Hall–Kier alpha value is -1.44. The van der Waals surface area contributed by atoms with Gasteiger partial charge in [-0.1, -0.05) is 24.6 Å². The van der Waals surface area contributed by atoms with Crippen molar-refractivity contribution in [3.63, 3.8) is 0 Å². The van der Waals surface area contributed by atoms with Gasteiger partial charge in [0.25, 0.3) is 0 Å². The van der Waals surface area contributed by atoms with E-state index in [4.69, 9.17) is 5.73 Å². The molecule has 17 heavy (non-hydrogen) atoms. The Morgan fingerprint density at radius 1 is 1.41 bits per heavy atom. The van der Waals surface area contributed by atoms with E-state index in [0.717, 1.165) is 24.0 Å². The number of rotatable bonds is 2. The van der Waals surface area contributed by atoms with Gasteiger partial charge in [0.1, 0.15) is 5.75 Å². The maximum absolute atomic E-state index is 9.92. The minimum Gasteiger partial charge on any atom is -0.508 e. The van der Waals surface area contributed by atoms with Crippen molar-refractivity contribution >= 4 is 5.69 Å². The van der Waals surface area contributed by atoms with Gasteiger partial charge in [0.2, 0.25) is 0 Å². The molecule has 2 rings (SSSR count). The molecule has 0 radical (unpaired) electrons. The first-order valence-electron chi connectivity index (χ1n) is 6.33. The molecular weight excluding hydrogens is 210 g/mol. The van der Waals surface area contributed by atoms with Gasteiger partial charge in [-0.2, -0.15) is 0 Å². The summed E-state index contributed by atoms with van der Waals surface area (Å²) in [5, 5.41) is 9.92. The summed E-state index contributed by atoms with van der Waals surface area (Å²) in [5.41, 5.74) is 9.82. The van der Waals surface area contributed by atoms with Crippen LogP contribution in [0.15, 0.2) is 24.3 Å². The van der Waals surface area contributed by atoms with Crippen LogP contribution in [-0.2, 0) is 6.42 Å². The molecule has 0 amide bonds. The number of aromatic hydroxyl groups is 1. The average Bonchev–Trinajstić information content (AvgIpc) is 2.29. The molecule has 2 nitrogen and oxygen atoms in total. The predicted molar refractivity (Wildman–Crippen MR) is 72.1 cm³/mol. The van der Waals surface area contributed by atoms with E-state index < -0.39 is 0 Å². The quantitative estimate of drug-likeness (QED) is 0.603. The third-order valence-electron chi connectivity index (χ3n) is 3.81. The van der Waals surface area contributed by atoms with E-state index in [0.29, 0.717) is 17.4 Å². The summed E-state index contributed by atoms with van der Waals surface area (Å²) in [7, 11) is 0. The SMILES string of the molecule is C=C1CCCCC1Cc1cc(C)c(N)cc1O. The number of phenols is 1. The first-order chi connectivity index (χ1) is 8.08. The third kappa shape index (κ3) is 2.63. The monoisotopic (exact) mass is 231 g/mol. The maximum Gasteiger partial charge on any atom is 0.120 e. The van der Waals surface area contributed by atoms with Crippen molar-refractivity contribution in [3.8, 4) is 5.75 Å². The first kappa shape index (κ1) is 12.0. The van der Waals surface area contributed by atoms with Gasteiger partial charge in [-0.05, 0) is 49.7 Å². The molecule has 1 atom stereocenters. The average molecular weight is 231 g/mol. The standard InChI is InChI=1S/C15H21NO/c1-10-5-3-4-6-12(10)8-13-7-11(2)14(16)9-15(13)17/h7,9,12,17H,1,3-6,8,16H2,2H3. The molecule has 1 saturated carbocycles. The van der Waals surface area contributed by atoms with Gasteiger partial charge in [0.05, 0.1) is 0 Å². The van der Waals surface area contributed by atoms with Crippen molar-refractivity contribution in [1.29, 1.82) is 0 Å². The summed E-state index contributed by atoms with van der Waals surface area (Å²) in [6.45, 7) is 6.14. The number of anilines is 1. The van der Waals surface area contributed by atoms with Crippen molar-refractivity contribution in [2.75, 3.05) is 5.73 Å². The van der Waals surface area contributed by atoms with E-state index in [9.17, 15) is 5.11 Å². The predicted octanol–water partition coefficient (Wildman–Crippen LogP) is 3.57. The van der Waals surface area contributed by atoms with Gasteiger partial charge in [0.15, 0.2) is 0 Å². The Morgan fingerprint density at radius 3 is 2.88 bits per heavy atom. The number of hydrogen-bond donors (Lipinski definition) is 2. The number of phenolic OH excluding ortho intramolecular Hbond substituents is 1. The molecule has 1 aliphatic carbocycles. The number of benzene rings is 1. The molecule has 0 bridgehead atoms. The second-order valence-corrected chi connectivity index (χ2v) is 5.14. The molecule has 0 aromatic heterocycles. The van der Waals surface area contributed by atoms with Gasteiger partial charge in [-0.25, -0.2) is 0 Å². The van der Waals surface area contributed by atoms with Crippen LogP contribution in [0.2, 0.25) is 0 Å². The lowest BCUT2D eigenvalue weighted by Gasteiger charge is -2.25. The van der Waals surface area contributed by atoms with Gasteiger partial charge in [-0.15, -0.1) is 0 Å². The van der Waals surface area contributed by atoms with E-state index in [1.165, 1.54) is 24.8 Å². The number of hydrogen-bond acceptors (Lipinski definition) is 2. The number of allylic oxidation sites excluding steroid dienone is 1. The molecule has 0 saturated heterocycles. The Balaban J connectivity index is 2.17. The molecule has 1 fully saturated rings. The summed E-state index contributed by atoms with van der Waals surface area (Å²) >= 11 is 0. The smallest absolute Gasteiger partial charge is 0.120 e. The van der Waals surface area contributed by atoms with E-state index in [2.05, 4.69) is 6.58 Å². The highest BCUT2D eigenvalue weighted by atomic mass is 16.3. The molecule has 1 aromatic rings. The lowest BCUT2D eigenvalue weighted by molar-refractivity contribution is 0.432. The van der Waals surface area contributed by atoms with Crippen molar-refractivity contribution < 1.29 is 5.11 Å². The molecule has 1 aromatic carbocycles. The molecule has 0 heterocycles. The Bertz CT molecular complexity index is 437. The summed E-state index contributed by atoms with van der Waals surface area (Å²) in [5.74, 6) is 0.851. The number of nitrogens with two attached hydrogens (primary N) is 1. The fourth-order valence-corrected chi connectivity index (χ4v) is 2.60. The molecular formula is C15H21NO. The van der Waals surface area contributed by atoms with E-state index in [1.807, 2.05) is 13.0 Å². The van der Waals surface area contributed by atoms with Crippen molar-refractivity contribution in [1.82, 2.24) is 0 Å². The zero-order chi connectivity index (χ0) is 12.4. The summed E-state index contributed by atoms with van der Waals surface area (Å²) in [6, 6.07) is 3.67. The Labute approximate surface area is 103 Å². The second-order valence-electron chi connectivity index (χ2n) is 5.14. The van der Waals surface area contributed by atoms with E-state index in [1.54, 1.807) is 6.07 Å². The second kappa shape index (κ2) is 4.82. The van der Waals surface area contributed by atoms with Crippen LogP contribution in [0, 0.1) is 12.8 Å². The molecule has 92 valence electrons. The topological polar surface area (TPSA) is 46.2 Å². The zero-order valence-corrected chi connectivity index (χ0v) is 10.5. The molecule has 2 heteroatoms. The minimum atomic E-state index is 0.325. The minimum absolute atomic E-state index is 0.325. The Morgan fingerprint density at radius 2 is 2.18 bits per heavy atom. The fourth-order valence-electron chi connectivity index (χ4n) is 2.60. The lowest BCUT2D eigenvalue weighted by atomic mass is 9.81. The molecule has 3 N–H and O–H groups in total. The largest absolute Gasteiger partial charge is 0.508 e. The summed E-state index contributed by atoms with van der Waals surface area (Å²) in [4.78, 5) is 0.